The van der Waals surface area contributed by atoms with E-state index in [0.717, 1.165) is 34.3 Å². The van der Waals surface area contributed by atoms with Crippen LogP contribution in [0.2, 0.25) is 0 Å². The second kappa shape index (κ2) is 6.11. The van der Waals surface area contributed by atoms with Crippen LogP contribution in [0, 0.1) is 6.92 Å². The largest absolute Gasteiger partial charge is 0.353 e. The molecule has 0 atom stereocenters. The van der Waals surface area contributed by atoms with Gasteiger partial charge in [0.05, 0.1) is 4.90 Å². The number of fused-ring (bicyclic) bond motifs is 1. The topological polar surface area (TPSA) is 53.2 Å². The number of rotatable bonds is 5. The van der Waals surface area contributed by atoms with Crippen LogP contribution >= 0.6 is 11.3 Å². The highest BCUT2D eigenvalue weighted by Crippen LogP contribution is 2.34. The molecule has 0 aliphatic heterocycles. The van der Waals surface area contributed by atoms with Crippen LogP contribution in [0.3, 0.4) is 0 Å². The predicted octanol–water partition coefficient (Wildman–Crippen LogP) is 3.47. The number of aromatic nitrogens is 1. The molecule has 0 unspecified atom stereocenters. The number of sulfone groups is 1. The summed E-state index contributed by atoms with van der Waals surface area (Å²) in [6.07, 6.45) is 2.88. The van der Waals surface area contributed by atoms with Gasteiger partial charge in [-0.1, -0.05) is 12.1 Å². The molecule has 0 aliphatic carbocycles. The molecule has 23 heavy (non-hydrogen) atoms. The molecule has 0 spiro atoms. The highest BCUT2D eigenvalue weighted by atomic mass is 32.2. The number of aromatic amines is 1. The van der Waals surface area contributed by atoms with E-state index >= 15 is 0 Å². The van der Waals surface area contributed by atoms with Gasteiger partial charge in [-0.2, -0.15) is 0 Å². The number of likely N-dealkylation sites (N-methyl/N-ethyl adjacent to an activating group) is 1. The van der Waals surface area contributed by atoms with Gasteiger partial charge in [-0.25, -0.2) is 8.42 Å². The molecule has 6 heteroatoms. The lowest BCUT2D eigenvalue weighted by atomic mass is 10.2. The van der Waals surface area contributed by atoms with Crippen LogP contribution in [0.15, 0.2) is 45.6 Å². The van der Waals surface area contributed by atoms with E-state index in [1.54, 1.807) is 24.3 Å². The first-order chi connectivity index (χ1) is 10.9. The van der Waals surface area contributed by atoms with Crippen LogP contribution < -0.4 is 0 Å². The van der Waals surface area contributed by atoms with Crippen molar-refractivity contribution in [1.82, 2.24) is 9.88 Å². The number of H-pyrrole nitrogens is 1. The van der Waals surface area contributed by atoms with Crippen molar-refractivity contribution in [1.29, 1.82) is 0 Å². The van der Waals surface area contributed by atoms with Crippen molar-refractivity contribution >= 4 is 31.4 Å². The first-order valence-electron chi connectivity index (χ1n) is 7.44. The van der Waals surface area contributed by atoms with Crippen LogP contribution in [0.4, 0.5) is 0 Å². The van der Waals surface area contributed by atoms with Crippen LogP contribution in [0.25, 0.3) is 10.2 Å². The van der Waals surface area contributed by atoms with Crippen molar-refractivity contribution < 1.29 is 8.42 Å². The molecule has 1 N–H and O–H groups in total. The highest BCUT2D eigenvalue weighted by Gasteiger charge is 2.22. The third kappa shape index (κ3) is 3.20. The molecule has 0 saturated carbocycles. The zero-order chi connectivity index (χ0) is 16.6. The summed E-state index contributed by atoms with van der Waals surface area (Å²) in [5.74, 6) is 0. The molecule has 0 saturated heterocycles. The average molecular weight is 348 g/mol. The van der Waals surface area contributed by atoms with Gasteiger partial charge in [0.1, 0.15) is 9.04 Å². The van der Waals surface area contributed by atoms with Crippen molar-refractivity contribution in [3.8, 4) is 0 Å². The van der Waals surface area contributed by atoms with E-state index in [1.807, 2.05) is 33.3 Å². The lowest BCUT2D eigenvalue weighted by molar-refractivity contribution is 0.414. The Labute approximate surface area is 140 Å². The number of aryl methyl sites for hydroxylation is 1. The number of hydrogen-bond donors (Lipinski definition) is 1. The molecule has 4 nitrogen and oxygen atoms in total. The molecule has 0 radical (unpaired) electrons. The Hall–Kier alpha value is -1.63. The molecule has 1 aromatic carbocycles. The normalized spacial score (nSPS) is 12.3. The quantitative estimate of drug-likeness (QED) is 0.768. The van der Waals surface area contributed by atoms with Gasteiger partial charge in [-0.15, -0.1) is 11.3 Å². The maximum absolute atomic E-state index is 12.8. The summed E-state index contributed by atoms with van der Waals surface area (Å²) in [5.41, 5.74) is 2.11. The summed E-state index contributed by atoms with van der Waals surface area (Å²) < 4.78 is 26.0. The lowest BCUT2D eigenvalue weighted by Crippen LogP contribution is -2.14. The van der Waals surface area contributed by atoms with Gasteiger partial charge in [-0.3, -0.25) is 0 Å². The van der Waals surface area contributed by atoms with Crippen LogP contribution in [-0.2, 0) is 16.3 Å². The summed E-state index contributed by atoms with van der Waals surface area (Å²) >= 11 is 1.30. The number of benzene rings is 1. The second-order valence-corrected chi connectivity index (χ2v) is 9.22. The Morgan fingerprint density at radius 2 is 2.00 bits per heavy atom. The van der Waals surface area contributed by atoms with Crippen LogP contribution in [0.5, 0.6) is 0 Å². The first kappa shape index (κ1) is 16.2. The third-order valence-electron chi connectivity index (χ3n) is 3.83. The number of nitrogens with one attached hydrogen (secondary N) is 1. The van der Waals surface area contributed by atoms with E-state index in [2.05, 4.69) is 9.88 Å². The van der Waals surface area contributed by atoms with Gasteiger partial charge in [0.15, 0.2) is 0 Å². The van der Waals surface area contributed by atoms with Crippen molar-refractivity contribution in [3.05, 3.63) is 47.7 Å². The molecule has 2 heterocycles. The molecule has 2 aromatic heterocycles. The minimum Gasteiger partial charge on any atom is -0.353 e. The molecule has 0 bridgehead atoms. The Kier molecular flexibility index (Phi) is 4.31. The van der Waals surface area contributed by atoms with Crippen LogP contribution in [-0.4, -0.2) is 38.9 Å². The van der Waals surface area contributed by atoms with Gasteiger partial charge < -0.3 is 9.88 Å². The van der Waals surface area contributed by atoms with Crippen molar-refractivity contribution in [2.45, 2.75) is 22.4 Å². The Morgan fingerprint density at radius 3 is 2.70 bits per heavy atom. The summed E-state index contributed by atoms with van der Waals surface area (Å²) in [4.78, 5) is 6.60. The fraction of sp³-hybridized carbons (Fsp3) is 0.294. The molecule has 3 aromatic rings. The number of hydrogen-bond acceptors (Lipinski definition) is 4. The van der Waals surface area contributed by atoms with Crippen LogP contribution in [0.1, 0.15) is 11.1 Å². The van der Waals surface area contributed by atoms with Gasteiger partial charge >= 0.3 is 0 Å². The highest BCUT2D eigenvalue weighted by molar-refractivity contribution is 7.93. The van der Waals surface area contributed by atoms with E-state index in [-0.39, 0.29) is 0 Å². The summed E-state index contributed by atoms with van der Waals surface area (Å²) in [6, 6.07) is 8.86. The monoisotopic (exact) mass is 348 g/mol. The van der Waals surface area contributed by atoms with E-state index in [4.69, 9.17) is 0 Å². The fourth-order valence-corrected chi connectivity index (χ4v) is 5.40. The Balaban J connectivity index is 2.00. The molecular formula is C17H20N2O2S2. The molecule has 3 rings (SSSR count). The number of nitrogens with zero attached hydrogens (tertiary/aromatic N) is 1. The average Bonchev–Trinajstić information content (AvgIpc) is 3.06. The molecule has 0 aliphatic rings. The Morgan fingerprint density at radius 1 is 1.22 bits per heavy atom. The Bertz CT molecular complexity index is 937. The van der Waals surface area contributed by atoms with E-state index in [9.17, 15) is 8.42 Å². The first-order valence-corrected chi connectivity index (χ1v) is 9.74. The number of thiophene rings is 1. The van der Waals surface area contributed by atoms with Gasteiger partial charge in [0.2, 0.25) is 9.84 Å². The molecule has 0 fully saturated rings. The molecular weight excluding hydrogens is 328 g/mol. The van der Waals surface area contributed by atoms with E-state index < -0.39 is 9.84 Å². The van der Waals surface area contributed by atoms with E-state index in [0.29, 0.717) is 9.10 Å². The molecule has 0 amide bonds. The second-order valence-electron chi connectivity index (χ2n) is 6.00. The van der Waals surface area contributed by atoms with Crippen molar-refractivity contribution in [3.63, 3.8) is 0 Å². The smallest absolute Gasteiger partial charge is 0.216 e. The summed E-state index contributed by atoms with van der Waals surface area (Å²) in [5, 5.41) is 1.02. The fourth-order valence-electron chi connectivity index (χ4n) is 2.53. The van der Waals surface area contributed by atoms with E-state index in [1.165, 1.54) is 11.3 Å². The zero-order valence-electron chi connectivity index (χ0n) is 13.5. The predicted molar refractivity (Wildman–Crippen MR) is 95.1 cm³/mol. The summed E-state index contributed by atoms with van der Waals surface area (Å²) in [6.45, 7) is 2.83. The van der Waals surface area contributed by atoms with Gasteiger partial charge in [0.25, 0.3) is 0 Å². The third-order valence-corrected chi connectivity index (χ3v) is 7.12. The van der Waals surface area contributed by atoms with Gasteiger partial charge in [0, 0.05) is 18.1 Å². The minimum absolute atomic E-state index is 0.358. The molecule has 122 valence electrons. The zero-order valence-corrected chi connectivity index (χ0v) is 15.1. The standard InChI is InChI=1S/C17H20N2O2S2/c1-12-5-4-6-14(9-12)23(20,21)16-10-15-13(7-8-19(2)3)11-18-17(15)22-16/h4-6,9-11,18H,7-8H2,1-3H3. The maximum atomic E-state index is 12.8. The van der Waals surface area contributed by atoms with Crippen molar-refractivity contribution in [2.75, 3.05) is 20.6 Å². The summed E-state index contributed by atoms with van der Waals surface area (Å²) in [7, 11) is 0.612. The minimum atomic E-state index is -3.45. The van der Waals surface area contributed by atoms with Crippen molar-refractivity contribution in [2.24, 2.45) is 0 Å². The SMILES string of the molecule is Cc1cccc(S(=O)(=O)c2cc3c(CCN(C)C)c[nH]c3s2)c1. The maximum Gasteiger partial charge on any atom is 0.216 e. The lowest BCUT2D eigenvalue weighted by Gasteiger charge is -2.07. The van der Waals surface area contributed by atoms with Gasteiger partial charge in [-0.05, 0) is 56.8 Å².